The molecule has 0 aliphatic carbocycles. The molecule has 2 aromatic carbocycles. The van der Waals surface area contributed by atoms with Crippen LogP contribution in [0.5, 0.6) is 5.75 Å². The third-order valence-electron chi connectivity index (χ3n) is 5.31. The highest BCUT2D eigenvalue weighted by Crippen LogP contribution is 2.28. The molecule has 3 aromatic rings. The summed E-state index contributed by atoms with van der Waals surface area (Å²) in [6, 6.07) is 17.9. The van der Waals surface area contributed by atoms with E-state index in [1.54, 1.807) is 4.68 Å². The number of carbonyl (C=O) groups excluding carboxylic acids is 1. The summed E-state index contributed by atoms with van der Waals surface area (Å²) in [4.78, 5) is 12.8. The number of benzene rings is 2. The van der Waals surface area contributed by atoms with Gasteiger partial charge < -0.3 is 15.4 Å². The molecule has 0 unspecified atom stereocenters. The van der Waals surface area contributed by atoms with E-state index in [0.717, 1.165) is 29.0 Å². The molecule has 2 heterocycles. The van der Waals surface area contributed by atoms with Gasteiger partial charge in [-0.15, -0.1) is 0 Å². The number of para-hydroxylation sites is 1. The molecule has 1 fully saturated rings. The van der Waals surface area contributed by atoms with Gasteiger partial charge in [-0.05, 0) is 28.8 Å². The van der Waals surface area contributed by atoms with Crippen molar-refractivity contribution in [3.8, 4) is 5.75 Å². The van der Waals surface area contributed by atoms with Crippen LogP contribution < -0.4 is 15.4 Å². The van der Waals surface area contributed by atoms with Gasteiger partial charge in [0.15, 0.2) is 0 Å². The lowest BCUT2D eigenvalue weighted by Crippen LogP contribution is -2.34. The highest BCUT2D eigenvalue weighted by atomic mass is 16.5. The molecule has 0 saturated carbocycles. The topological polar surface area (TPSA) is 68.2 Å². The van der Waals surface area contributed by atoms with E-state index in [1.807, 2.05) is 68.0 Å². The van der Waals surface area contributed by atoms with Crippen molar-refractivity contribution < 1.29 is 9.53 Å². The summed E-state index contributed by atoms with van der Waals surface area (Å²) in [5.41, 5.74) is 3.26. The van der Waals surface area contributed by atoms with Crippen LogP contribution in [0.15, 0.2) is 67.0 Å². The number of aryl methyl sites for hydroxylation is 1. The van der Waals surface area contributed by atoms with Gasteiger partial charge in [-0.3, -0.25) is 9.48 Å². The van der Waals surface area contributed by atoms with E-state index in [0.29, 0.717) is 19.7 Å². The molecular formula is C23H26N4O2. The fraction of sp³-hybridized carbons (Fsp3) is 0.304. The second-order valence-corrected chi connectivity index (χ2v) is 7.46. The lowest BCUT2D eigenvalue weighted by Gasteiger charge is -2.17. The van der Waals surface area contributed by atoms with E-state index in [2.05, 4.69) is 21.8 Å². The summed E-state index contributed by atoms with van der Waals surface area (Å²) in [6.45, 7) is 2.50. The van der Waals surface area contributed by atoms with Gasteiger partial charge in [0, 0.05) is 38.8 Å². The molecule has 4 rings (SSSR count). The number of amides is 1. The lowest BCUT2D eigenvalue weighted by molar-refractivity contribution is -0.125. The van der Waals surface area contributed by atoms with Gasteiger partial charge in [-0.2, -0.15) is 5.10 Å². The fourth-order valence-corrected chi connectivity index (χ4v) is 3.77. The Morgan fingerprint density at radius 3 is 2.79 bits per heavy atom. The Kier molecular flexibility index (Phi) is 5.91. The summed E-state index contributed by atoms with van der Waals surface area (Å²) in [5.74, 6) is 1.01. The SMILES string of the molecule is Cn1cc([C@H]2CNC[C@@H]2C(=O)NCc2cccc(COc3ccccc3)c2)cn1. The van der Waals surface area contributed by atoms with Gasteiger partial charge in [0.25, 0.3) is 0 Å². The maximum atomic E-state index is 12.8. The number of hydrogen-bond acceptors (Lipinski definition) is 4. The molecule has 150 valence electrons. The number of rotatable bonds is 7. The van der Waals surface area contributed by atoms with Crippen molar-refractivity contribution in [3.05, 3.63) is 83.7 Å². The molecule has 6 nitrogen and oxygen atoms in total. The standard InChI is InChI=1S/C23H26N4O2/c1-27-15-19(12-26-27)21-13-24-14-22(21)23(28)25-11-17-6-5-7-18(10-17)16-29-20-8-3-2-4-9-20/h2-10,12,15,21-22,24H,11,13-14,16H2,1H3,(H,25,28)/t21-,22+/m1/s1. The summed E-state index contributed by atoms with van der Waals surface area (Å²) < 4.78 is 7.60. The molecule has 1 saturated heterocycles. The normalized spacial score (nSPS) is 18.5. The van der Waals surface area contributed by atoms with Crippen molar-refractivity contribution in [1.29, 1.82) is 0 Å². The number of carbonyl (C=O) groups is 1. The maximum Gasteiger partial charge on any atom is 0.225 e. The van der Waals surface area contributed by atoms with E-state index in [4.69, 9.17) is 4.74 Å². The average molecular weight is 390 g/mol. The van der Waals surface area contributed by atoms with Crippen LogP contribution >= 0.6 is 0 Å². The number of nitrogens with zero attached hydrogens (tertiary/aromatic N) is 2. The minimum absolute atomic E-state index is 0.0785. The largest absolute Gasteiger partial charge is 0.489 e. The first kappa shape index (κ1) is 19.2. The first-order chi connectivity index (χ1) is 14.2. The van der Waals surface area contributed by atoms with Crippen molar-refractivity contribution in [2.24, 2.45) is 13.0 Å². The van der Waals surface area contributed by atoms with Crippen LogP contribution in [0.1, 0.15) is 22.6 Å². The minimum atomic E-state index is -0.0798. The van der Waals surface area contributed by atoms with Gasteiger partial charge in [0.05, 0.1) is 12.1 Å². The number of hydrogen-bond donors (Lipinski definition) is 2. The molecule has 1 aliphatic heterocycles. The highest BCUT2D eigenvalue weighted by Gasteiger charge is 2.34. The van der Waals surface area contributed by atoms with E-state index in [1.165, 1.54) is 0 Å². The Bertz CT molecular complexity index is 954. The van der Waals surface area contributed by atoms with Gasteiger partial charge >= 0.3 is 0 Å². The average Bonchev–Trinajstić information content (AvgIpc) is 3.40. The van der Waals surface area contributed by atoms with Gasteiger partial charge in [0.1, 0.15) is 12.4 Å². The van der Waals surface area contributed by atoms with Crippen molar-refractivity contribution >= 4 is 5.91 Å². The first-order valence-corrected chi connectivity index (χ1v) is 9.91. The summed E-state index contributed by atoms with van der Waals surface area (Å²) in [6.07, 6.45) is 3.85. The van der Waals surface area contributed by atoms with Crippen molar-refractivity contribution in [2.75, 3.05) is 13.1 Å². The zero-order chi connectivity index (χ0) is 20.1. The second-order valence-electron chi connectivity index (χ2n) is 7.46. The summed E-state index contributed by atoms with van der Waals surface area (Å²) >= 11 is 0. The third-order valence-corrected chi connectivity index (χ3v) is 5.31. The van der Waals surface area contributed by atoms with Crippen LogP contribution in [-0.4, -0.2) is 28.8 Å². The van der Waals surface area contributed by atoms with Crippen molar-refractivity contribution in [2.45, 2.75) is 19.1 Å². The van der Waals surface area contributed by atoms with Crippen LogP contribution in [0.25, 0.3) is 0 Å². The number of nitrogens with one attached hydrogen (secondary N) is 2. The monoisotopic (exact) mass is 390 g/mol. The van der Waals surface area contributed by atoms with Crippen LogP contribution in [0.4, 0.5) is 0 Å². The zero-order valence-electron chi connectivity index (χ0n) is 16.5. The fourth-order valence-electron chi connectivity index (χ4n) is 3.77. The number of aromatic nitrogens is 2. The molecule has 1 aromatic heterocycles. The lowest BCUT2D eigenvalue weighted by atomic mass is 9.90. The number of ether oxygens (including phenoxy) is 1. The predicted octanol–water partition coefficient (Wildman–Crippen LogP) is 2.62. The van der Waals surface area contributed by atoms with Gasteiger partial charge in [-0.1, -0.05) is 42.5 Å². The van der Waals surface area contributed by atoms with Crippen LogP contribution in [0.3, 0.4) is 0 Å². The van der Waals surface area contributed by atoms with Crippen molar-refractivity contribution in [3.63, 3.8) is 0 Å². The molecule has 0 spiro atoms. The van der Waals surface area contributed by atoms with Crippen molar-refractivity contribution in [1.82, 2.24) is 20.4 Å². The molecule has 6 heteroatoms. The molecule has 0 radical (unpaired) electrons. The van der Waals surface area contributed by atoms with E-state index < -0.39 is 0 Å². The smallest absolute Gasteiger partial charge is 0.225 e. The highest BCUT2D eigenvalue weighted by molar-refractivity contribution is 5.80. The molecule has 2 atom stereocenters. The quantitative estimate of drug-likeness (QED) is 0.651. The Labute approximate surface area is 170 Å². The Hall–Kier alpha value is -3.12. The Balaban J connectivity index is 1.33. The Morgan fingerprint density at radius 1 is 1.17 bits per heavy atom. The third kappa shape index (κ3) is 4.84. The van der Waals surface area contributed by atoms with E-state index >= 15 is 0 Å². The Morgan fingerprint density at radius 2 is 2.00 bits per heavy atom. The van der Waals surface area contributed by atoms with Crippen LogP contribution in [0.2, 0.25) is 0 Å². The van der Waals surface area contributed by atoms with Gasteiger partial charge in [-0.25, -0.2) is 0 Å². The summed E-state index contributed by atoms with van der Waals surface area (Å²) in [7, 11) is 1.90. The minimum Gasteiger partial charge on any atom is -0.489 e. The van der Waals surface area contributed by atoms with Gasteiger partial charge in [0.2, 0.25) is 5.91 Å². The van der Waals surface area contributed by atoms with Crippen LogP contribution in [0, 0.1) is 5.92 Å². The van der Waals surface area contributed by atoms with E-state index in [-0.39, 0.29) is 17.7 Å². The zero-order valence-corrected chi connectivity index (χ0v) is 16.5. The molecule has 1 aliphatic rings. The van der Waals surface area contributed by atoms with Crippen LogP contribution in [-0.2, 0) is 25.0 Å². The van der Waals surface area contributed by atoms with E-state index in [9.17, 15) is 4.79 Å². The molecule has 29 heavy (non-hydrogen) atoms. The summed E-state index contributed by atoms with van der Waals surface area (Å²) in [5, 5.41) is 10.7. The molecule has 0 bridgehead atoms. The molecule has 1 amide bonds. The first-order valence-electron chi connectivity index (χ1n) is 9.91. The molecule has 2 N–H and O–H groups in total. The predicted molar refractivity (Wildman–Crippen MR) is 111 cm³/mol. The molecular weight excluding hydrogens is 364 g/mol. The maximum absolute atomic E-state index is 12.8. The second kappa shape index (κ2) is 8.92.